The molecule has 1 aromatic carbocycles. The van der Waals surface area contributed by atoms with Crippen LogP contribution in [0.5, 0.6) is 0 Å². The van der Waals surface area contributed by atoms with E-state index in [4.69, 9.17) is 23.2 Å². The molecule has 0 N–H and O–H groups in total. The van der Waals surface area contributed by atoms with E-state index < -0.39 is 0 Å². The Morgan fingerprint density at radius 2 is 1.73 bits per heavy atom. The van der Waals surface area contributed by atoms with Gasteiger partial charge in [-0.3, -0.25) is 0 Å². The molecule has 0 amide bonds. The fourth-order valence-electron chi connectivity index (χ4n) is 1.56. The van der Waals surface area contributed by atoms with Gasteiger partial charge in [-0.15, -0.1) is 23.2 Å². The lowest BCUT2D eigenvalue weighted by molar-refractivity contribution is 0.524. The normalized spacial score (nSPS) is 11.7. The topological polar surface area (TPSA) is 0 Å². The minimum absolute atomic E-state index is 0.0621. The van der Waals surface area contributed by atoms with Gasteiger partial charge in [-0.05, 0) is 24.0 Å². The largest absolute Gasteiger partial charge is 0.165 e. The van der Waals surface area contributed by atoms with Gasteiger partial charge in [0.2, 0.25) is 0 Å². The Labute approximate surface area is 106 Å². The van der Waals surface area contributed by atoms with Crippen LogP contribution in [0, 0.1) is 0 Å². The molecule has 15 heavy (non-hydrogen) atoms. The average Bonchev–Trinajstić information content (AvgIpc) is 2.33. The Balaban J connectivity index is 2.89. The van der Waals surface area contributed by atoms with Gasteiger partial charge < -0.3 is 0 Å². The van der Waals surface area contributed by atoms with Crippen molar-refractivity contribution in [1.82, 2.24) is 0 Å². The molecule has 0 spiro atoms. The van der Waals surface area contributed by atoms with Gasteiger partial charge >= 0.3 is 0 Å². The van der Waals surface area contributed by atoms with E-state index in [2.05, 4.69) is 18.4 Å². The first-order valence-corrected chi connectivity index (χ1v) is 7.42. The standard InChI is InChI=1S/C12H16Cl2S/c1-15-8-7-12(9-13,10-14)11-5-3-2-4-6-11/h2-6H,7-10H2,1H3. The maximum absolute atomic E-state index is 6.10. The molecule has 0 aliphatic heterocycles. The molecule has 0 unspecified atom stereocenters. The van der Waals surface area contributed by atoms with Crippen molar-refractivity contribution in [2.45, 2.75) is 11.8 Å². The number of thioether (sulfide) groups is 1. The van der Waals surface area contributed by atoms with Gasteiger partial charge in [0.05, 0.1) is 0 Å². The minimum atomic E-state index is -0.0621. The van der Waals surface area contributed by atoms with Crippen LogP contribution in [-0.4, -0.2) is 23.8 Å². The van der Waals surface area contributed by atoms with Gasteiger partial charge in [0.1, 0.15) is 0 Å². The molecule has 1 rings (SSSR count). The molecule has 0 aromatic heterocycles. The Morgan fingerprint density at radius 3 is 2.20 bits per heavy atom. The fraction of sp³-hybridized carbons (Fsp3) is 0.500. The summed E-state index contributed by atoms with van der Waals surface area (Å²) in [6.45, 7) is 0. The molecule has 1 aromatic rings. The molecule has 0 nitrogen and oxygen atoms in total. The number of alkyl halides is 2. The van der Waals surface area contributed by atoms with Crippen molar-refractivity contribution in [2.24, 2.45) is 0 Å². The lowest BCUT2D eigenvalue weighted by Gasteiger charge is -2.30. The third-order valence-electron chi connectivity index (χ3n) is 2.68. The molecule has 0 saturated heterocycles. The van der Waals surface area contributed by atoms with E-state index in [1.807, 2.05) is 30.0 Å². The highest BCUT2D eigenvalue weighted by Gasteiger charge is 2.29. The molecule has 0 heterocycles. The zero-order valence-corrected chi connectivity index (χ0v) is 11.2. The van der Waals surface area contributed by atoms with E-state index in [0.717, 1.165) is 12.2 Å². The number of hydrogen-bond acceptors (Lipinski definition) is 1. The molecule has 0 bridgehead atoms. The summed E-state index contributed by atoms with van der Waals surface area (Å²) in [5, 5.41) is 0. The number of halogens is 2. The van der Waals surface area contributed by atoms with Crippen molar-refractivity contribution in [3.63, 3.8) is 0 Å². The van der Waals surface area contributed by atoms with Gasteiger partial charge in [0.25, 0.3) is 0 Å². The maximum Gasteiger partial charge on any atom is 0.0332 e. The van der Waals surface area contributed by atoms with Crippen LogP contribution in [0.1, 0.15) is 12.0 Å². The molecule has 0 fully saturated rings. The smallest absolute Gasteiger partial charge is 0.0332 e. The van der Waals surface area contributed by atoms with Crippen LogP contribution in [0.3, 0.4) is 0 Å². The van der Waals surface area contributed by atoms with Crippen LogP contribution in [-0.2, 0) is 5.41 Å². The van der Waals surface area contributed by atoms with E-state index in [0.29, 0.717) is 11.8 Å². The first-order chi connectivity index (χ1) is 7.29. The lowest BCUT2D eigenvalue weighted by Crippen LogP contribution is -2.31. The van der Waals surface area contributed by atoms with Crippen molar-refractivity contribution >= 4 is 35.0 Å². The third-order valence-corrected chi connectivity index (χ3v) is 4.32. The molecular weight excluding hydrogens is 247 g/mol. The number of benzene rings is 1. The van der Waals surface area contributed by atoms with Crippen LogP contribution in [0.2, 0.25) is 0 Å². The second-order valence-electron chi connectivity index (χ2n) is 3.66. The monoisotopic (exact) mass is 262 g/mol. The molecule has 0 radical (unpaired) electrons. The highest BCUT2D eigenvalue weighted by atomic mass is 35.5. The quantitative estimate of drug-likeness (QED) is 0.694. The van der Waals surface area contributed by atoms with Gasteiger partial charge in [-0.2, -0.15) is 11.8 Å². The van der Waals surface area contributed by atoms with Crippen LogP contribution < -0.4 is 0 Å². The van der Waals surface area contributed by atoms with Gasteiger partial charge in [-0.1, -0.05) is 30.3 Å². The van der Waals surface area contributed by atoms with Gasteiger partial charge in [0.15, 0.2) is 0 Å². The summed E-state index contributed by atoms with van der Waals surface area (Å²) in [6, 6.07) is 10.3. The van der Waals surface area contributed by atoms with Crippen LogP contribution in [0.4, 0.5) is 0 Å². The van der Waals surface area contributed by atoms with Crippen molar-refractivity contribution in [3.8, 4) is 0 Å². The molecule has 0 atom stereocenters. The Morgan fingerprint density at radius 1 is 1.13 bits per heavy atom. The summed E-state index contributed by atoms with van der Waals surface area (Å²) in [5.41, 5.74) is 1.19. The summed E-state index contributed by atoms with van der Waals surface area (Å²) in [6.07, 6.45) is 3.14. The van der Waals surface area contributed by atoms with E-state index in [1.165, 1.54) is 5.56 Å². The average molecular weight is 263 g/mol. The second-order valence-corrected chi connectivity index (χ2v) is 5.18. The third kappa shape index (κ3) is 3.30. The predicted molar refractivity (Wildman–Crippen MR) is 72.6 cm³/mol. The molecule has 0 saturated carbocycles. The van der Waals surface area contributed by atoms with Crippen LogP contribution >= 0.6 is 35.0 Å². The SMILES string of the molecule is CSCCC(CCl)(CCl)c1ccccc1. The van der Waals surface area contributed by atoms with Gasteiger partial charge in [-0.25, -0.2) is 0 Å². The van der Waals surface area contributed by atoms with Crippen molar-refractivity contribution in [1.29, 1.82) is 0 Å². The first-order valence-electron chi connectivity index (χ1n) is 4.95. The van der Waals surface area contributed by atoms with E-state index >= 15 is 0 Å². The summed E-state index contributed by atoms with van der Waals surface area (Å²) >= 11 is 14.0. The Bertz CT molecular complexity index is 270. The highest BCUT2D eigenvalue weighted by molar-refractivity contribution is 7.98. The molecular formula is C12H16Cl2S. The highest BCUT2D eigenvalue weighted by Crippen LogP contribution is 2.32. The van der Waals surface area contributed by atoms with E-state index in [1.54, 1.807) is 0 Å². The molecule has 0 aliphatic carbocycles. The fourth-order valence-corrected chi connectivity index (χ4v) is 3.01. The van der Waals surface area contributed by atoms with E-state index in [-0.39, 0.29) is 5.41 Å². The zero-order chi connectivity index (χ0) is 11.1. The molecule has 0 aliphatic rings. The second kappa shape index (κ2) is 6.67. The summed E-state index contributed by atoms with van der Waals surface area (Å²) in [7, 11) is 0. The zero-order valence-electron chi connectivity index (χ0n) is 8.88. The Hall–Kier alpha value is 0.150. The lowest BCUT2D eigenvalue weighted by atomic mass is 9.82. The first kappa shape index (κ1) is 13.2. The summed E-state index contributed by atoms with van der Waals surface area (Å²) in [4.78, 5) is 0. The molecule has 84 valence electrons. The molecule has 3 heteroatoms. The van der Waals surface area contributed by atoms with Crippen molar-refractivity contribution in [3.05, 3.63) is 35.9 Å². The summed E-state index contributed by atoms with van der Waals surface area (Å²) in [5.74, 6) is 2.26. The van der Waals surface area contributed by atoms with Gasteiger partial charge in [0, 0.05) is 17.2 Å². The number of rotatable bonds is 6. The maximum atomic E-state index is 6.10. The van der Waals surface area contributed by atoms with Crippen molar-refractivity contribution in [2.75, 3.05) is 23.8 Å². The van der Waals surface area contributed by atoms with Crippen molar-refractivity contribution < 1.29 is 0 Å². The Kier molecular flexibility index (Phi) is 5.88. The number of hydrogen-bond donors (Lipinski definition) is 0. The van der Waals surface area contributed by atoms with Crippen LogP contribution in [0.25, 0.3) is 0 Å². The van der Waals surface area contributed by atoms with E-state index in [9.17, 15) is 0 Å². The minimum Gasteiger partial charge on any atom is -0.165 e. The predicted octanol–water partition coefficient (Wildman–Crippen LogP) is 4.16. The van der Waals surface area contributed by atoms with Crippen LogP contribution in [0.15, 0.2) is 30.3 Å². The summed E-state index contributed by atoms with van der Waals surface area (Å²) < 4.78 is 0.